The van der Waals surface area contributed by atoms with E-state index in [0.29, 0.717) is 5.92 Å². The maximum Gasteiger partial charge on any atom is 0.306 e. The molecule has 0 aromatic carbocycles. The molecule has 0 radical (unpaired) electrons. The van der Waals surface area contributed by atoms with Crippen molar-refractivity contribution in [2.75, 3.05) is 13.1 Å². The fraction of sp³-hybridized carbons (Fsp3) is 0.889. The van der Waals surface area contributed by atoms with E-state index in [1.54, 1.807) is 0 Å². The molecule has 0 spiro atoms. The largest absolute Gasteiger partial charge is 0.481 e. The second kappa shape index (κ2) is 5.27. The zero-order valence-electron chi connectivity index (χ0n) is 8.25. The zero-order valence-corrected chi connectivity index (χ0v) is 8.25. The summed E-state index contributed by atoms with van der Waals surface area (Å²) in [6, 6.07) is 0. The van der Waals surface area contributed by atoms with Gasteiger partial charge in [0.2, 0.25) is 0 Å². The lowest BCUT2D eigenvalue weighted by Gasteiger charge is -2.29. The van der Waals surface area contributed by atoms with Crippen molar-refractivity contribution in [2.45, 2.75) is 25.6 Å². The van der Waals surface area contributed by atoms with E-state index in [2.05, 4.69) is 13.2 Å². The van der Waals surface area contributed by atoms with Crippen LogP contribution in [0.25, 0.3) is 0 Å². The lowest BCUT2D eigenvalue weighted by atomic mass is 9.82. The molecule has 1 aliphatic heterocycles. The minimum atomic E-state index is -0.609. The molecule has 1 saturated heterocycles. The third-order valence-corrected chi connectivity index (χ3v) is 2.85. The highest BCUT2D eigenvalue weighted by Gasteiger charge is 2.29. The van der Waals surface area contributed by atoms with E-state index in [1.165, 1.54) is 0 Å². The lowest BCUT2D eigenvalue weighted by Crippen LogP contribution is -2.40. The van der Waals surface area contributed by atoms with Gasteiger partial charge < -0.3 is 10.4 Å². The zero-order chi connectivity index (χ0) is 9.68. The molecule has 1 fully saturated rings. The van der Waals surface area contributed by atoms with Gasteiger partial charge in [-0.25, -0.2) is 0 Å². The molecule has 2 N–H and O–H groups in total. The quantitative estimate of drug-likeness (QED) is 0.609. The number of nitrogens with one attached hydrogen (secondary N) is 1. The average Bonchev–Trinajstić information content (AvgIpc) is 2.15. The molecule has 0 bridgehead atoms. The van der Waals surface area contributed by atoms with Gasteiger partial charge in [0, 0.05) is 0 Å². The summed E-state index contributed by atoms with van der Waals surface area (Å²) in [6.07, 6.45) is 4.16. The summed E-state index contributed by atoms with van der Waals surface area (Å²) in [4.78, 5) is 10.9. The highest BCUT2D eigenvalue weighted by molar-refractivity contribution is 6.08. The lowest BCUT2D eigenvalue weighted by molar-refractivity contribution is -0.144. The second-order valence-corrected chi connectivity index (χ2v) is 3.84. The van der Waals surface area contributed by atoms with Crippen molar-refractivity contribution in [3.63, 3.8) is 0 Å². The minimum absolute atomic E-state index is 0.104. The van der Waals surface area contributed by atoms with Gasteiger partial charge in [0.15, 0.2) is 0 Å². The fourth-order valence-electron chi connectivity index (χ4n) is 2.02. The molecule has 0 saturated carbocycles. The van der Waals surface area contributed by atoms with Gasteiger partial charge in [-0.2, -0.15) is 0 Å². The SMILES string of the molecule is BCCC[C@@H]1CNCCC1C(=O)O. The number of rotatable bonds is 4. The molecule has 1 aliphatic rings. The first-order chi connectivity index (χ1) is 6.25. The van der Waals surface area contributed by atoms with Crippen molar-refractivity contribution < 1.29 is 9.90 Å². The van der Waals surface area contributed by atoms with Crippen molar-refractivity contribution in [1.82, 2.24) is 5.32 Å². The Morgan fingerprint density at radius 2 is 2.38 bits per heavy atom. The molecule has 1 rings (SSSR count). The molecule has 1 heterocycles. The number of carboxylic acid groups (broad SMARTS) is 1. The Kier molecular flexibility index (Phi) is 4.29. The maximum absolute atomic E-state index is 10.9. The molecule has 13 heavy (non-hydrogen) atoms. The summed E-state index contributed by atoms with van der Waals surface area (Å²) in [6.45, 7) is 1.75. The Morgan fingerprint density at radius 1 is 1.62 bits per heavy atom. The van der Waals surface area contributed by atoms with Crippen LogP contribution in [0.1, 0.15) is 19.3 Å². The number of piperidine rings is 1. The van der Waals surface area contributed by atoms with Crippen molar-refractivity contribution in [1.29, 1.82) is 0 Å². The van der Waals surface area contributed by atoms with Gasteiger partial charge in [-0.15, -0.1) is 0 Å². The first-order valence-corrected chi connectivity index (χ1v) is 5.19. The Bertz CT molecular complexity index is 175. The number of carboxylic acids is 1. The van der Waals surface area contributed by atoms with Gasteiger partial charge >= 0.3 is 5.97 Å². The van der Waals surface area contributed by atoms with E-state index < -0.39 is 5.97 Å². The third-order valence-electron chi connectivity index (χ3n) is 2.85. The second-order valence-electron chi connectivity index (χ2n) is 3.84. The number of hydrogen-bond acceptors (Lipinski definition) is 2. The van der Waals surface area contributed by atoms with E-state index in [0.717, 1.165) is 38.7 Å². The molecule has 3 nitrogen and oxygen atoms in total. The predicted molar refractivity (Wildman–Crippen MR) is 54.7 cm³/mol. The summed E-state index contributed by atoms with van der Waals surface area (Å²) >= 11 is 0. The molecule has 0 aromatic rings. The molecular formula is C9H18BNO2. The predicted octanol–water partition coefficient (Wildman–Crippen LogP) is 0.128. The van der Waals surface area contributed by atoms with Crippen molar-refractivity contribution >= 4 is 13.8 Å². The summed E-state index contributed by atoms with van der Waals surface area (Å²) < 4.78 is 0. The van der Waals surface area contributed by atoms with E-state index in [-0.39, 0.29) is 5.92 Å². The average molecular weight is 183 g/mol. The van der Waals surface area contributed by atoms with Gasteiger partial charge in [0.1, 0.15) is 7.85 Å². The highest BCUT2D eigenvalue weighted by Crippen LogP contribution is 2.24. The minimum Gasteiger partial charge on any atom is -0.481 e. The standard InChI is InChI=1S/C9H18BNO2/c10-4-1-2-7-6-11-5-3-8(7)9(12)13/h7-8,11H,1-6,10H2,(H,12,13)/t7-,8?/m1/s1. The molecule has 4 heteroatoms. The molecule has 0 amide bonds. The number of hydrogen-bond donors (Lipinski definition) is 2. The van der Waals surface area contributed by atoms with E-state index in [9.17, 15) is 4.79 Å². The van der Waals surface area contributed by atoms with Gasteiger partial charge in [-0.3, -0.25) is 4.79 Å². The van der Waals surface area contributed by atoms with Crippen LogP contribution < -0.4 is 5.32 Å². The summed E-state index contributed by atoms with van der Waals surface area (Å²) in [5, 5.41) is 12.2. The molecule has 0 aliphatic carbocycles. The van der Waals surface area contributed by atoms with Crippen LogP contribution >= 0.6 is 0 Å². The van der Waals surface area contributed by atoms with Crippen LogP contribution in [0.4, 0.5) is 0 Å². The third kappa shape index (κ3) is 3.03. The van der Waals surface area contributed by atoms with Crippen LogP contribution in [0, 0.1) is 11.8 Å². The van der Waals surface area contributed by atoms with E-state index in [4.69, 9.17) is 5.11 Å². The van der Waals surface area contributed by atoms with E-state index in [1.807, 2.05) is 0 Å². The highest BCUT2D eigenvalue weighted by atomic mass is 16.4. The Labute approximate surface area is 80.3 Å². The molecular weight excluding hydrogens is 165 g/mol. The first kappa shape index (κ1) is 10.6. The van der Waals surface area contributed by atoms with Gasteiger partial charge in [-0.05, 0) is 31.8 Å². The summed E-state index contributed by atoms with van der Waals surface area (Å²) in [5.41, 5.74) is 0. The normalized spacial score (nSPS) is 28.6. The fourth-order valence-corrected chi connectivity index (χ4v) is 2.02. The van der Waals surface area contributed by atoms with Crippen LogP contribution in [0.15, 0.2) is 0 Å². The van der Waals surface area contributed by atoms with Gasteiger partial charge in [-0.1, -0.05) is 12.7 Å². The molecule has 2 atom stereocenters. The smallest absolute Gasteiger partial charge is 0.306 e. The van der Waals surface area contributed by atoms with E-state index >= 15 is 0 Å². The Morgan fingerprint density at radius 3 is 3.00 bits per heavy atom. The number of aliphatic carboxylic acids is 1. The van der Waals surface area contributed by atoms with Crippen LogP contribution in [-0.4, -0.2) is 32.0 Å². The topological polar surface area (TPSA) is 49.3 Å². The van der Waals surface area contributed by atoms with Crippen LogP contribution in [0.2, 0.25) is 6.32 Å². The molecule has 0 aromatic heterocycles. The Balaban J connectivity index is 2.41. The van der Waals surface area contributed by atoms with Crippen LogP contribution in [-0.2, 0) is 4.79 Å². The Hall–Kier alpha value is -0.505. The molecule has 74 valence electrons. The van der Waals surface area contributed by atoms with Crippen LogP contribution in [0.3, 0.4) is 0 Å². The monoisotopic (exact) mass is 183 g/mol. The maximum atomic E-state index is 10.9. The van der Waals surface area contributed by atoms with Gasteiger partial charge in [0.25, 0.3) is 0 Å². The van der Waals surface area contributed by atoms with Crippen molar-refractivity contribution in [3.8, 4) is 0 Å². The summed E-state index contributed by atoms with van der Waals surface area (Å²) in [7, 11) is 2.14. The van der Waals surface area contributed by atoms with Gasteiger partial charge in [0.05, 0.1) is 5.92 Å². The van der Waals surface area contributed by atoms with Crippen molar-refractivity contribution in [3.05, 3.63) is 0 Å². The number of carbonyl (C=O) groups is 1. The van der Waals surface area contributed by atoms with Crippen LogP contribution in [0.5, 0.6) is 0 Å². The first-order valence-electron chi connectivity index (χ1n) is 5.19. The molecule has 1 unspecified atom stereocenters. The summed E-state index contributed by atoms with van der Waals surface area (Å²) in [5.74, 6) is -0.360. The van der Waals surface area contributed by atoms with Crippen molar-refractivity contribution in [2.24, 2.45) is 11.8 Å².